The van der Waals surface area contributed by atoms with Gasteiger partial charge in [-0.15, -0.1) is 0 Å². The average molecular weight is 721 g/mol. The summed E-state index contributed by atoms with van der Waals surface area (Å²) in [7, 11) is 0. The normalized spacial score (nSPS) is 13.8. The first kappa shape index (κ1) is 40.0. The van der Waals surface area contributed by atoms with Gasteiger partial charge in [-0.05, 0) is 135 Å². The molecule has 5 aromatic rings. The van der Waals surface area contributed by atoms with Crippen molar-refractivity contribution in [3.05, 3.63) is 94.0 Å². The molecule has 0 spiro atoms. The van der Waals surface area contributed by atoms with Crippen molar-refractivity contribution >= 4 is 33.4 Å². The van der Waals surface area contributed by atoms with Crippen LogP contribution in [-0.2, 0) is 16.2 Å². The zero-order chi connectivity index (χ0) is 39.0. The Morgan fingerprint density at radius 3 is 1.35 bits per heavy atom. The highest BCUT2D eigenvalue weighted by Gasteiger charge is 2.33. The zero-order valence-electron chi connectivity index (χ0n) is 35.2. The number of aromatic nitrogens is 1. The SMILES string of the molecule is Cc1cc(Cl)cc(-c2cc(C(C)(C)CC(C)(C)C)cc(-n3c4ccc(C(C)(C)CC(C)(C)C)cc4c4cc(C(C)(C)CC(C)(C)C)ccc43)c2O)c1. The minimum atomic E-state index is -0.157. The number of aromatic hydroxyl groups is 1. The van der Waals surface area contributed by atoms with Crippen LogP contribution in [0.25, 0.3) is 38.6 Å². The summed E-state index contributed by atoms with van der Waals surface area (Å²) >= 11 is 6.66. The number of hydrogen-bond donors (Lipinski definition) is 1. The summed E-state index contributed by atoms with van der Waals surface area (Å²) in [6.07, 6.45) is 3.13. The first-order valence-corrected chi connectivity index (χ1v) is 19.7. The molecule has 0 saturated heterocycles. The van der Waals surface area contributed by atoms with Gasteiger partial charge in [-0.1, -0.05) is 134 Å². The smallest absolute Gasteiger partial charge is 0.147 e. The van der Waals surface area contributed by atoms with Crippen molar-refractivity contribution in [3.63, 3.8) is 0 Å². The quantitative estimate of drug-likeness (QED) is 0.170. The molecular formula is C49H66ClNO. The molecule has 0 fully saturated rings. The molecule has 2 nitrogen and oxygen atoms in total. The van der Waals surface area contributed by atoms with Crippen molar-refractivity contribution in [1.29, 1.82) is 0 Å². The maximum Gasteiger partial charge on any atom is 0.147 e. The molecule has 0 saturated carbocycles. The van der Waals surface area contributed by atoms with Crippen molar-refractivity contribution in [1.82, 2.24) is 4.57 Å². The van der Waals surface area contributed by atoms with E-state index in [1.54, 1.807) is 0 Å². The van der Waals surface area contributed by atoms with Gasteiger partial charge in [0.1, 0.15) is 5.75 Å². The summed E-state index contributed by atoms with van der Waals surface area (Å²) in [4.78, 5) is 0. The second-order valence-corrected chi connectivity index (χ2v) is 22.0. The molecule has 1 aromatic heterocycles. The fourth-order valence-electron chi connectivity index (χ4n) is 9.70. The Hall–Kier alpha value is -3.23. The number of phenolic OH excluding ortho intramolecular Hbond substituents is 1. The molecule has 0 aliphatic carbocycles. The zero-order valence-corrected chi connectivity index (χ0v) is 36.0. The van der Waals surface area contributed by atoms with Crippen LogP contribution in [0.1, 0.15) is 145 Å². The van der Waals surface area contributed by atoms with Gasteiger partial charge in [0.05, 0.1) is 16.7 Å². The van der Waals surface area contributed by atoms with Crippen LogP contribution < -0.4 is 0 Å². The van der Waals surface area contributed by atoms with Crippen LogP contribution in [0.2, 0.25) is 5.02 Å². The summed E-state index contributed by atoms with van der Waals surface area (Å²) < 4.78 is 2.32. The second-order valence-electron chi connectivity index (χ2n) is 21.6. The Kier molecular flexibility index (Phi) is 10.2. The molecule has 0 bridgehead atoms. The number of phenols is 1. The predicted molar refractivity (Wildman–Crippen MR) is 229 cm³/mol. The van der Waals surface area contributed by atoms with Gasteiger partial charge in [0.2, 0.25) is 0 Å². The lowest BCUT2D eigenvalue weighted by Crippen LogP contribution is -2.25. The summed E-state index contributed by atoms with van der Waals surface area (Å²) in [5.74, 6) is 0.269. The van der Waals surface area contributed by atoms with Crippen molar-refractivity contribution < 1.29 is 5.11 Å². The van der Waals surface area contributed by atoms with Gasteiger partial charge >= 0.3 is 0 Å². The first-order valence-electron chi connectivity index (χ1n) is 19.3. The van der Waals surface area contributed by atoms with Crippen molar-refractivity contribution in [2.75, 3.05) is 0 Å². The van der Waals surface area contributed by atoms with Crippen LogP contribution in [-0.4, -0.2) is 9.67 Å². The highest BCUT2D eigenvalue weighted by atomic mass is 35.5. The topological polar surface area (TPSA) is 25.2 Å². The number of fused-ring (bicyclic) bond motifs is 3. The van der Waals surface area contributed by atoms with Crippen LogP contribution in [0.4, 0.5) is 0 Å². The minimum Gasteiger partial charge on any atom is -0.505 e. The molecule has 0 aliphatic rings. The van der Waals surface area contributed by atoms with Crippen LogP contribution in [0.15, 0.2) is 66.7 Å². The first-order chi connectivity index (χ1) is 23.6. The van der Waals surface area contributed by atoms with Crippen molar-refractivity contribution in [3.8, 4) is 22.6 Å². The number of halogens is 1. The third kappa shape index (κ3) is 8.59. The van der Waals surface area contributed by atoms with Crippen molar-refractivity contribution in [2.24, 2.45) is 16.2 Å². The molecule has 0 unspecified atom stereocenters. The third-order valence-corrected chi connectivity index (χ3v) is 10.9. The summed E-state index contributed by atoms with van der Waals surface area (Å²) in [6, 6.07) is 24.6. The lowest BCUT2D eigenvalue weighted by molar-refractivity contribution is 0.283. The largest absolute Gasteiger partial charge is 0.505 e. The van der Waals surface area contributed by atoms with Gasteiger partial charge in [0.25, 0.3) is 0 Å². The van der Waals surface area contributed by atoms with Gasteiger partial charge in [-0.25, -0.2) is 0 Å². The van der Waals surface area contributed by atoms with Crippen LogP contribution in [0.5, 0.6) is 5.75 Å². The van der Waals surface area contributed by atoms with E-state index >= 15 is 0 Å². The molecule has 5 rings (SSSR count). The minimum absolute atomic E-state index is 0.0133. The Balaban J connectivity index is 1.90. The number of aryl methyl sites for hydroxylation is 1. The lowest BCUT2D eigenvalue weighted by Gasteiger charge is -2.34. The van der Waals surface area contributed by atoms with Gasteiger partial charge in [0.15, 0.2) is 0 Å². The third-order valence-electron chi connectivity index (χ3n) is 10.7. The number of benzene rings is 4. The van der Waals surface area contributed by atoms with E-state index in [2.05, 4.69) is 170 Å². The molecule has 4 aromatic carbocycles. The Labute approximate surface area is 321 Å². The molecule has 1 N–H and O–H groups in total. The predicted octanol–water partition coefficient (Wildman–Crippen LogP) is 15.3. The van der Waals surface area contributed by atoms with Gasteiger partial charge in [-0.3, -0.25) is 0 Å². The van der Waals surface area contributed by atoms with Gasteiger partial charge in [0, 0.05) is 21.4 Å². The van der Waals surface area contributed by atoms with Gasteiger partial charge in [-0.2, -0.15) is 0 Å². The monoisotopic (exact) mass is 719 g/mol. The second kappa shape index (κ2) is 13.3. The highest BCUT2D eigenvalue weighted by molar-refractivity contribution is 6.31. The van der Waals surface area contributed by atoms with E-state index in [1.807, 2.05) is 12.1 Å². The lowest BCUT2D eigenvalue weighted by atomic mass is 9.71. The van der Waals surface area contributed by atoms with E-state index < -0.39 is 0 Å². The fraction of sp³-hybridized carbons (Fsp3) is 0.510. The number of rotatable bonds is 8. The van der Waals surface area contributed by atoms with E-state index in [-0.39, 0.29) is 38.2 Å². The molecule has 280 valence electrons. The van der Waals surface area contributed by atoms with Gasteiger partial charge < -0.3 is 9.67 Å². The number of nitrogens with zero attached hydrogens (tertiary/aromatic N) is 1. The molecule has 3 heteroatoms. The van der Waals surface area contributed by atoms with Crippen LogP contribution in [0, 0.1) is 23.2 Å². The Morgan fingerprint density at radius 1 is 0.519 bits per heavy atom. The maximum atomic E-state index is 12.5. The van der Waals surface area contributed by atoms with E-state index in [9.17, 15) is 5.11 Å². The Bertz CT molecular complexity index is 2010. The molecule has 0 atom stereocenters. The van der Waals surface area contributed by atoms with Crippen molar-refractivity contribution in [2.45, 2.75) is 146 Å². The summed E-state index contributed by atoms with van der Waals surface area (Å²) in [6.45, 7) is 37.2. The molecular weight excluding hydrogens is 654 g/mol. The average Bonchev–Trinajstić information content (AvgIpc) is 3.26. The van der Waals surface area contributed by atoms with Crippen LogP contribution in [0.3, 0.4) is 0 Å². The molecule has 0 aliphatic heterocycles. The van der Waals surface area contributed by atoms with E-state index in [0.29, 0.717) is 5.02 Å². The fourth-order valence-corrected chi connectivity index (χ4v) is 9.99. The van der Waals surface area contributed by atoms with E-state index in [1.165, 1.54) is 27.5 Å². The van der Waals surface area contributed by atoms with E-state index in [4.69, 9.17) is 11.6 Å². The molecule has 52 heavy (non-hydrogen) atoms. The highest BCUT2D eigenvalue weighted by Crippen LogP contribution is 2.47. The van der Waals surface area contributed by atoms with Crippen LogP contribution >= 0.6 is 11.6 Å². The summed E-state index contributed by atoms with van der Waals surface area (Å²) in [5, 5.41) is 15.6. The summed E-state index contributed by atoms with van der Waals surface area (Å²) in [5.41, 5.74) is 10.0. The molecule has 1 heterocycles. The standard InChI is InChI=1S/C49H66ClNO/c1-31-21-32(23-36(50)22-31)37-26-35(49(15,16)30-46(8,9)10)27-42(43(37)52)51-40-19-17-33(47(11,12)28-44(2,3)4)24-38(40)39-25-34(18-20-41(39)51)48(13,14)29-45(5,6)7/h17-27,52H,28-30H2,1-16H3. The number of hydrogen-bond acceptors (Lipinski definition) is 1. The molecule has 0 amide bonds. The Morgan fingerprint density at radius 2 is 0.942 bits per heavy atom. The van der Waals surface area contributed by atoms with E-state index in [0.717, 1.165) is 52.7 Å². The molecule has 0 radical (unpaired) electrons. The maximum absolute atomic E-state index is 12.5.